The SMILES string of the molecule is COc1ccc(F)cc1N1CCN(C(C)C)CC1. The number of piperazine rings is 1. The molecule has 18 heavy (non-hydrogen) atoms. The standard InChI is InChI=1S/C14H21FN2O/c1-11(2)16-6-8-17(9-7-16)13-10-12(15)4-5-14(13)18-3/h4-5,10-11H,6-9H2,1-3H3. The summed E-state index contributed by atoms with van der Waals surface area (Å²) >= 11 is 0. The molecule has 1 saturated heterocycles. The summed E-state index contributed by atoms with van der Waals surface area (Å²) in [5, 5.41) is 0. The van der Waals surface area contributed by atoms with Gasteiger partial charge in [-0.2, -0.15) is 0 Å². The monoisotopic (exact) mass is 252 g/mol. The minimum absolute atomic E-state index is 0.211. The normalized spacial score (nSPS) is 17.3. The van der Waals surface area contributed by atoms with Gasteiger partial charge < -0.3 is 9.64 Å². The lowest BCUT2D eigenvalue weighted by atomic mass is 10.2. The number of benzene rings is 1. The molecule has 1 fully saturated rings. The molecule has 1 aliphatic rings. The Bertz CT molecular complexity index is 401. The third-order valence-electron chi connectivity index (χ3n) is 3.53. The van der Waals surface area contributed by atoms with Crippen molar-refractivity contribution in [3.63, 3.8) is 0 Å². The first-order valence-corrected chi connectivity index (χ1v) is 6.44. The highest BCUT2D eigenvalue weighted by Crippen LogP contribution is 2.29. The Morgan fingerprint density at radius 1 is 1.17 bits per heavy atom. The number of hydrogen-bond donors (Lipinski definition) is 0. The van der Waals surface area contributed by atoms with E-state index in [2.05, 4.69) is 23.6 Å². The van der Waals surface area contributed by atoms with Gasteiger partial charge in [0.1, 0.15) is 11.6 Å². The number of anilines is 1. The molecule has 1 aromatic carbocycles. The molecule has 1 aliphatic heterocycles. The van der Waals surface area contributed by atoms with Crippen molar-refractivity contribution in [2.75, 3.05) is 38.2 Å². The first-order valence-electron chi connectivity index (χ1n) is 6.44. The third-order valence-corrected chi connectivity index (χ3v) is 3.53. The molecule has 0 unspecified atom stereocenters. The lowest BCUT2D eigenvalue weighted by Crippen LogP contribution is -2.49. The molecule has 4 heteroatoms. The van der Waals surface area contributed by atoms with Gasteiger partial charge in [-0.05, 0) is 26.0 Å². The zero-order chi connectivity index (χ0) is 13.1. The maximum absolute atomic E-state index is 13.4. The molecule has 0 N–H and O–H groups in total. The lowest BCUT2D eigenvalue weighted by Gasteiger charge is -2.38. The fraction of sp³-hybridized carbons (Fsp3) is 0.571. The van der Waals surface area contributed by atoms with Crippen LogP contribution in [0.2, 0.25) is 0 Å². The van der Waals surface area contributed by atoms with Gasteiger partial charge in [0.15, 0.2) is 0 Å². The Balaban J connectivity index is 2.11. The van der Waals surface area contributed by atoms with Crippen LogP contribution in [-0.2, 0) is 0 Å². The van der Waals surface area contributed by atoms with Crippen molar-refractivity contribution in [1.29, 1.82) is 0 Å². The second-order valence-corrected chi connectivity index (χ2v) is 4.93. The van der Waals surface area contributed by atoms with E-state index in [1.807, 2.05) is 0 Å². The second-order valence-electron chi connectivity index (χ2n) is 4.93. The van der Waals surface area contributed by atoms with E-state index in [-0.39, 0.29) is 5.82 Å². The fourth-order valence-electron chi connectivity index (χ4n) is 2.39. The van der Waals surface area contributed by atoms with Crippen molar-refractivity contribution in [3.8, 4) is 5.75 Å². The summed E-state index contributed by atoms with van der Waals surface area (Å²) in [5.41, 5.74) is 0.862. The summed E-state index contributed by atoms with van der Waals surface area (Å²) in [7, 11) is 1.63. The molecule has 0 amide bonds. The van der Waals surface area contributed by atoms with Crippen molar-refractivity contribution in [2.24, 2.45) is 0 Å². The van der Waals surface area contributed by atoms with Gasteiger partial charge in [-0.3, -0.25) is 4.90 Å². The molecule has 0 aliphatic carbocycles. The highest BCUT2D eigenvalue weighted by Gasteiger charge is 2.21. The summed E-state index contributed by atoms with van der Waals surface area (Å²) in [5.74, 6) is 0.534. The fourth-order valence-corrected chi connectivity index (χ4v) is 2.39. The van der Waals surface area contributed by atoms with Gasteiger partial charge in [0.05, 0.1) is 12.8 Å². The van der Waals surface area contributed by atoms with Crippen LogP contribution < -0.4 is 9.64 Å². The molecule has 2 rings (SSSR count). The van der Waals surface area contributed by atoms with E-state index in [1.165, 1.54) is 6.07 Å². The molecule has 0 radical (unpaired) electrons. The van der Waals surface area contributed by atoms with Crippen LogP contribution in [-0.4, -0.2) is 44.2 Å². The van der Waals surface area contributed by atoms with E-state index in [0.29, 0.717) is 6.04 Å². The van der Waals surface area contributed by atoms with Crippen molar-refractivity contribution < 1.29 is 9.13 Å². The second kappa shape index (κ2) is 5.57. The van der Waals surface area contributed by atoms with Gasteiger partial charge in [-0.15, -0.1) is 0 Å². The van der Waals surface area contributed by atoms with Crippen LogP contribution in [0.1, 0.15) is 13.8 Å². The Hall–Kier alpha value is -1.29. The average Bonchev–Trinajstić information content (AvgIpc) is 2.39. The van der Waals surface area contributed by atoms with Crippen molar-refractivity contribution in [2.45, 2.75) is 19.9 Å². The lowest BCUT2D eigenvalue weighted by molar-refractivity contribution is 0.209. The summed E-state index contributed by atoms with van der Waals surface area (Å²) in [6, 6.07) is 5.26. The molecule has 0 spiro atoms. The van der Waals surface area contributed by atoms with E-state index in [9.17, 15) is 4.39 Å². The van der Waals surface area contributed by atoms with Crippen LogP contribution in [0.4, 0.5) is 10.1 Å². The molecule has 1 aromatic rings. The Morgan fingerprint density at radius 2 is 1.83 bits per heavy atom. The molecule has 0 atom stereocenters. The van der Waals surface area contributed by atoms with Crippen LogP contribution >= 0.6 is 0 Å². The summed E-state index contributed by atoms with van der Waals surface area (Å²) in [4.78, 5) is 4.63. The smallest absolute Gasteiger partial charge is 0.142 e. The number of rotatable bonds is 3. The molecule has 0 bridgehead atoms. The first kappa shape index (κ1) is 13.1. The summed E-state index contributed by atoms with van der Waals surface area (Å²) in [6.45, 7) is 8.27. The Labute approximate surface area is 108 Å². The summed E-state index contributed by atoms with van der Waals surface area (Å²) in [6.07, 6.45) is 0. The van der Waals surface area contributed by atoms with Crippen LogP contribution in [0.5, 0.6) is 5.75 Å². The molecule has 100 valence electrons. The molecule has 0 aromatic heterocycles. The number of hydrogen-bond acceptors (Lipinski definition) is 3. The van der Waals surface area contributed by atoms with E-state index in [0.717, 1.165) is 37.6 Å². The average molecular weight is 252 g/mol. The molecule has 1 heterocycles. The quantitative estimate of drug-likeness (QED) is 0.821. The molecule has 0 saturated carbocycles. The van der Waals surface area contributed by atoms with Gasteiger partial charge in [0.2, 0.25) is 0 Å². The topological polar surface area (TPSA) is 15.7 Å². The zero-order valence-electron chi connectivity index (χ0n) is 11.3. The number of halogens is 1. The third kappa shape index (κ3) is 2.75. The Morgan fingerprint density at radius 3 is 2.39 bits per heavy atom. The molecular weight excluding hydrogens is 231 g/mol. The van der Waals surface area contributed by atoms with E-state index >= 15 is 0 Å². The number of methoxy groups -OCH3 is 1. The van der Waals surface area contributed by atoms with Crippen molar-refractivity contribution in [3.05, 3.63) is 24.0 Å². The highest BCUT2D eigenvalue weighted by atomic mass is 19.1. The number of nitrogens with zero attached hydrogens (tertiary/aromatic N) is 2. The highest BCUT2D eigenvalue weighted by molar-refractivity contribution is 5.59. The van der Waals surface area contributed by atoms with Crippen LogP contribution in [0, 0.1) is 5.82 Å². The minimum atomic E-state index is -0.211. The van der Waals surface area contributed by atoms with Crippen LogP contribution in [0.15, 0.2) is 18.2 Å². The van der Waals surface area contributed by atoms with Gasteiger partial charge >= 0.3 is 0 Å². The van der Waals surface area contributed by atoms with Gasteiger partial charge in [0, 0.05) is 38.3 Å². The maximum atomic E-state index is 13.4. The van der Waals surface area contributed by atoms with Crippen molar-refractivity contribution >= 4 is 5.69 Å². The maximum Gasteiger partial charge on any atom is 0.142 e. The van der Waals surface area contributed by atoms with Gasteiger partial charge in [0.25, 0.3) is 0 Å². The van der Waals surface area contributed by atoms with E-state index in [4.69, 9.17) is 4.74 Å². The minimum Gasteiger partial charge on any atom is -0.495 e. The molecule has 3 nitrogen and oxygen atoms in total. The van der Waals surface area contributed by atoms with Crippen LogP contribution in [0.25, 0.3) is 0 Å². The van der Waals surface area contributed by atoms with Crippen molar-refractivity contribution in [1.82, 2.24) is 4.90 Å². The predicted octanol–water partition coefficient (Wildman–Crippen LogP) is 2.36. The van der Waals surface area contributed by atoms with Crippen LogP contribution in [0.3, 0.4) is 0 Å². The largest absolute Gasteiger partial charge is 0.495 e. The molecular formula is C14H21FN2O. The first-order chi connectivity index (χ1) is 8.61. The van der Waals surface area contributed by atoms with Gasteiger partial charge in [-0.25, -0.2) is 4.39 Å². The zero-order valence-corrected chi connectivity index (χ0v) is 11.3. The van der Waals surface area contributed by atoms with E-state index < -0.39 is 0 Å². The Kier molecular flexibility index (Phi) is 4.07. The predicted molar refractivity (Wildman–Crippen MR) is 71.9 cm³/mol. The number of ether oxygens (including phenoxy) is 1. The van der Waals surface area contributed by atoms with Gasteiger partial charge in [-0.1, -0.05) is 0 Å². The summed E-state index contributed by atoms with van der Waals surface area (Å²) < 4.78 is 18.7. The van der Waals surface area contributed by atoms with E-state index in [1.54, 1.807) is 19.2 Å².